The number of H-pyrrole nitrogens is 1. The number of hydrogen-bond acceptors (Lipinski definition) is 5. The van der Waals surface area contributed by atoms with E-state index in [4.69, 9.17) is 4.42 Å². The van der Waals surface area contributed by atoms with Gasteiger partial charge in [-0.15, -0.1) is 10.2 Å². The molecule has 0 bridgehead atoms. The van der Waals surface area contributed by atoms with Crippen LogP contribution in [0.15, 0.2) is 23.0 Å². The number of carbonyl (C=O) groups excluding carboxylic acids is 1. The van der Waals surface area contributed by atoms with E-state index in [9.17, 15) is 4.79 Å². The smallest absolute Gasteiger partial charge is 0.255 e. The monoisotopic (exact) mass is 207 g/mol. The Kier molecular flexibility index (Phi) is 2.44. The molecule has 0 aliphatic rings. The fourth-order valence-electron chi connectivity index (χ4n) is 1.09. The second kappa shape index (κ2) is 3.91. The topological polar surface area (TPSA) is 96.7 Å². The molecule has 7 heteroatoms. The molecular weight excluding hydrogens is 198 g/mol. The lowest BCUT2D eigenvalue weighted by molar-refractivity contribution is 0.0937. The molecule has 0 aromatic carbocycles. The van der Waals surface area contributed by atoms with Crippen LogP contribution in [-0.4, -0.2) is 26.5 Å². The first-order valence-electron chi connectivity index (χ1n) is 4.34. The van der Waals surface area contributed by atoms with Crippen LogP contribution in [0.1, 0.15) is 29.1 Å². The molecule has 2 aromatic rings. The third kappa shape index (κ3) is 2.01. The number of nitrogens with zero attached hydrogens (tertiary/aromatic N) is 3. The average Bonchev–Trinajstić information content (AvgIpc) is 2.91. The summed E-state index contributed by atoms with van der Waals surface area (Å²) in [5.74, 6) is 0.202. The number of amides is 1. The Morgan fingerprint density at radius 2 is 2.53 bits per heavy atom. The van der Waals surface area contributed by atoms with Gasteiger partial charge < -0.3 is 9.73 Å². The number of tetrazole rings is 1. The molecule has 1 amide bonds. The molecule has 15 heavy (non-hydrogen) atoms. The van der Waals surface area contributed by atoms with Gasteiger partial charge in [-0.25, -0.2) is 0 Å². The average molecular weight is 207 g/mol. The van der Waals surface area contributed by atoms with Gasteiger partial charge in [-0.05, 0) is 13.0 Å². The Balaban J connectivity index is 2.01. The van der Waals surface area contributed by atoms with Gasteiger partial charge in [0.05, 0.1) is 17.9 Å². The van der Waals surface area contributed by atoms with Crippen LogP contribution < -0.4 is 5.32 Å². The highest BCUT2D eigenvalue weighted by molar-refractivity contribution is 5.93. The molecule has 2 N–H and O–H groups in total. The van der Waals surface area contributed by atoms with Gasteiger partial charge in [0.2, 0.25) is 0 Å². The summed E-state index contributed by atoms with van der Waals surface area (Å²) in [6.45, 7) is 1.77. The van der Waals surface area contributed by atoms with Crippen molar-refractivity contribution in [3.8, 4) is 0 Å². The van der Waals surface area contributed by atoms with Gasteiger partial charge >= 0.3 is 0 Å². The maximum absolute atomic E-state index is 11.6. The van der Waals surface area contributed by atoms with Crippen molar-refractivity contribution in [1.82, 2.24) is 25.9 Å². The minimum Gasteiger partial charge on any atom is -0.472 e. The molecule has 0 radical (unpaired) electrons. The van der Waals surface area contributed by atoms with Crippen LogP contribution in [-0.2, 0) is 0 Å². The van der Waals surface area contributed by atoms with Gasteiger partial charge in [-0.3, -0.25) is 4.79 Å². The van der Waals surface area contributed by atoms with Crippen molar-refractivity contribution in [2.45, 2.75) is 13.0 Å². The summed E-state index contributed by atoms with van der Waals surface area (Å²) in [4.78, 5) is 11.6. The first-order chi connectivity index (χ1) is 7.27. The highest BCUT2D eigenvalue weighted by Gasteiger charge is 2.14. The first kappa shape index (κ1) is 9.38. The molecule has 2 heterocycles. The van der Waals surface area contributed by atoms with Gasteiger partial charge in [0.25, 0.3) is 5.91 Å². The normalized spacial score (nSPS) is 12.3. The molecule has 0 spiro atoms. The largest absolute Gasteiger partial charge is 0.472 e. The summed E-state index contributed by atoms with van der Waals surface area (Å²) in [5.41, 5.74) is 0.463. The molecule has 0 saturated carbocycles. The van der Waals surface area contributed by atoms with Crippen molar-refractivity contribution >= 4 is 5.91 Å². The molecule has 78 valence electrons. The van der Waals surface area contributed by atoms with Crippen molar-refractivity contribution < 1.29 is 9.21 Å². The third-order valence-corrected chi connectivity index (χ3v) is 1.88. The summed E-state index contributed by atoms with van der Waals surface area (Å²) in [7, 11) is 0. The maximum atomic E-state index is 11.6. The number of carbonyl (C=O) groups is 1. The number of nitrogens with one attached hydrogen (secondary N) is 2. The molecule has 0 aliphatic carbocycles. The van der Waals surface area contributed by atoms with E-state index in [1.54, 1.807) is 13.0 Å². The molecule has 0 saturated heterocycles. The van der Waals surface area contributed by atoms with Crippen LogP contribution in [0.3, 0.4) is 0 Å². The van der Waals surface area contributed by atoms with E-state index in [1.165, 1.54) is 12.5 Å². The van der Waals surface area contributed by atoms with Gasteiger partial charge in [0.1, 0.15) is 6.26 Å². The quantitative estimate of drug-likeness (QED) is 0.753. The molecule has 2 rings (SSSR count). The minimum absolute atomic E-state index is 0.235. The fraction of sp³-hybridized carbons (Fsp3) is 0.250. The number of aromatic amines is 1. The Morgan fingerprint density at radius 3 is 3.13 bits per heavy atom. The minimum atomic E-state index is -0.300. The zero-order valence-electron chi connectivity index (χ0n) is 7.97. The Labute approximate surface area is 84.9 Å². The van der Waals surface area contributed by atoms with Crippen LogP contribution in [0.4, 0.5) is 0 Å². The second-order valence-electron chi connectivity index (χ2n) is 2.98. The second-order valence-corrected chi connectivity index (χ2v) is 2.98. The summed E-state index contributed by atoms with van der Waals surface area (Å²) >= 11 is 0. The molecule has 0 fully saturated rings. The van der Waals surface area contributed by atoms with Crippen molar-refractivity contribution in [2.75, 3.05) is 0 Å². The SMILES string of the molecule is CC(NC(=O)c1ccoc1)c1nn[nH]n1. The van der Waals surface area contributed by atoms with Crippen LogP contribution >= 0.6 is 0 Å². The predicted molar refractivity (Wildman–Crippen MR) is 48.8 cm³/mol. The number of furan rings is 1. The van der Waals surface area contributed by atoms with Gasteiger partial charge in [0.15, 0.2) is 5.82 Å². The lowest BCUT2D eigenvalue weighted by atomic mass is 10.2. The van der Waals surface area contributed by atoms with E-state index in [-0.39, 0.29) is 11.9 Å². The zero-order chi connectivity index (χ0) is 10.7. The van der Waals surface area contributed by atoms with Crippen molar-refractivity contribution in [3.05, 3.63) is 30.0 Å². The highest BCUT2D eigenvalue weighted by atomic mass is 16.3. The van der Waals surface area contributed by atoms with Crippen molar-refractivity contribution in [3.63, 3.8) is 0 Å². The van der Waals surface area contributed by atoms with Gasteiger partial charge in [0, 0.05) is 0 Å². The molecule has 7 nitrogen and oxygen atoms in total. The van der Waals surface area contributed by atoms with E-state index in [2.05, 4.69) is 25.9 Å². The summed E-state index contributed by atoms with van der Waals surface area (Å²) in [5, 5.41) is 16.0. The molecule has 1 atom stereocenters. The summed E-state index contributed by atoms with van der Waals surface area (Å²) in [6, 6.07) is 1.28. The first-order valence-corrected chi connectivity index (χ1v) is 4.34. The highest BCUT2D eigenvalue weighted by Crippen LogP contribution is 2.06. The van der Waals surface area contributed by atoms with E-state index < -0.39 is 0 Å². The Hall–Kier alpha value is -2.18. The van der Waals surface area contributed by atoms with Crippen molar-refractivity contribution in [2.24, 2.45) is 0 Å². The third-order valence-electron chi connectivity index (χ3n) is 1.88. The van der Waals surface area contributed by atoms with E-state index in [0.29, 0.717) is 11.4 Å². The van der Waals surface area contributed by atoms with Crippen LogP contribution in [0.25, 0.3) is 0 Å². The van der Waals surface area contributed by atoms with E-state index >= 15 is 0 Å². The number of aromatic nitrogens is 4. The van der Waals surface area contributed by atoms with E-state index in [0.717, 1.165) is 0 Å². The molecule has 0 aliphatic heterocycles. The van der Waals surface area contributed by atoms with Crippen LogP contribution in [0.5, 0.6) is 0 Å². The maximum Gasteiger partial charge on any atom is 0.255 e. The van der Waals surface area contributed by atoms with Crippen LogP contribution in [0, 0.1) is 0 Å². The number of hydrogen-bond donors (Lipinski definition) is 2. The number of rotatable bonds is 3. The molecule has 1 unspecified atom stereocenters. The van der Waals surface area contributed by atoms with Crippen molar-refractivity contribution in [1.29, 1.82) is 0 Å². The lowest BCUT2D eigenvalue weighted by Gasteiger charge is -2.07. The molecular formula is C8H9N5O2. The Morgan fingerprint density at radius 1 is 1.67 bits per heavy atom. The summed E-state index contributed by atoms with van der Waals surface area (Å²) in [6.07, 6.45) is 2.81. The molecule has 2 aromatic heterocycles. The zero-order valence-corrected chi connectivity index (χ0v) is 7.97. The van der Waals surface area contributed by atoms with E-state index in [1.807, 2.05) is 0 Å². The van der Waals surface area contributed by atoms with Gasteiger partial charge in [-0.2, -0.15) is 5.21 Å². The summed E-state index contributed by atoms with van der Waals surface area (Å²) < 4.78 is 4.80. The Bertz CT molecular complexity index is 422. The standard InChI is InChI=1S/C8H9N5O2/c1-5(7-10-12-13-11-7)9-8(14)6-2-3-15-4-6/h2-5H,1H3,(H,9,14)(H,10,11,12,13). The van der Waals surface area contributed by atoms with Gasteiger partial charge in [-0.1, -0.05) is 5.21 Å². The lowest BCUT2D eigenvalue weighted by Crippen LogP contribution is -2.27. The fourth-order valence-corrected chi connectivity index (χ4v) is 1.09. The predicted octanol–water partition coefficient (Wildman–Crippen LogP) is 0.284. The van der Waals surface area contributed by atoms with Crippen LogP contribution in [0.2, 0.25) is 0 Å².